The first-order valence-electron chi connectivity index (χ1n) is 5.86. The molecule has 0 radical (unpaired) electrons. The molecule has 19 heavy (non-hydrogen) atoms. The van der Waals surface area contributed by atoms with Crippen molar-refractivity contribution in [2.75, 3.05) is 12.4 Å². The molecule has 96 valence electrons. The van der Waals surface area contributed by atoms with Gasteiger partial charge in [-0.1, -0.05) is 28.1 Å². The third-order valence-electron chi connectivity index (χ3n) is 2.89. The van der Waals surface area contributed by atoms with Crippen molar-refractivity contribution in [3.8, 4) is 0 Å². The molecule has 0 aliphatic rings. The predicted molar refractivity (Wildman–Crippen MR) is 78.1 cm³/mol. The first-order chi connectivity index (χ1) is 9.28. The molecular formula is C13H12BrN5. The third-order valence-corrected chi connectivity index (χ3v) is 3.39. The molecule has 2 heterocycles. The lowest BCUT2D eigenvalue weighted by atomic mass is 10.2. The lowest BCUT2D eigenvalue weighted by molar-refractivity contribution is 0.703. The summed E-state index contributed by atoms with van der Waals surface area (Å²) < 4.78 is 2.94. The second-order valence-electron chi connectivity index (χ2n) is 4.14. The number of nitrogens with one attached hydrogen (secondary N) is 1. The van der Waals surface area contributed by atoms with Crippen LogP contribution in [0.15, 0.2) is 41.3 Å². The molecule has 0 unspecified atom stereocenters. The Kier molecular flexibility index (Phi) is 3.16. The molecule has 0 bridgehead atoms. The fourth-order valence-electron chi connectivity index (χ4n) is 2.02. The van der Waals surface area contributed by atoms with Crippen LogP contribution in [-0.4, -0.2) is 26.8 Å². The van der Waals surface area contributed by atoms with E-state index >= 15 is 0 Å². The summed E-state index contributed by atoms with van der Waals surface area (Å²) in [6.45, 7) is 0.684. The molecule has 1 aromatic carbocycles. The van der Waals surface area contributed by atoms with E-state index in [1.807, 2.05) is 23.9 Å². The van der Waals surface area contributed by atoms with E-state index in [-0.39, 0.29) is 0 Å². The molecular weight excluding hydrogens is 306 g/mol. The van der Waals surface area contributed by atoms with Gasteiger partial charge in [-0.3, -0.25) is 0 Å². The number of nitrogens with zero attached hydrogens (tertiary/aromatic N) is 4. The van der Waals surface area contributed by atoms with Crippen molar-refractivity contribution in [2.24, 2.45) is 0 Å². The SMILES string of the molecule is CNc1ncnc2c1cnn2Cc1cccc(Br)c1. The monoisotopic (exact) mass is 317 g/mol. The number of rotatable bonds is 3. The van der Waals surface area contributed by atoms with Crippen molar-refractivity contribution < 1.29 is 0 Å². The van der Waals surface area contributed by atoms with Gasteiger partial charge in [-0.15, -0.1) is 0 Å². The summed E-state index contributed by atoms with van der Waals surface area (Å²) in [5, 5.41) is 8.36. The number of fused-ring (bicyclic) bond motifs is 1. The van der Waals surface area contributed by atoms with Gasteiger partial charge in [-0.25, -0.2) is 14.6 Å². The minimum atomic E-state index is 0.684. The zero-order valence-electron chi connectivity index (χ0n) is 10.3. The summed E-state index contributed by atoms with van der Waals surface area (Å²) in [6, 6.07) is 8.16. The summed E-state index contributed by atoms with van der Waals surface area (Å²) >= 11 is 3.47. The van der Waals surface area contributed by atoms with Crippen LogP contribution in [-0.2, 0) is 6.54 Å². The van der Waals surface area contributed by atoms with Crippen molar-refractivity contribution in [3.05, 3.63) is 46.8 Å². The molecule has 3 rings (SSSR count). The Morgan fingerprint density at radius 2 is 2.21 bits per heavy atom. The van der Waals surface area contributed by atoms with Gasteiger partial charge in [0, 0.05) is 11.5 Å². The maximum absolute atomic E-state index is 4.39. The van der Waals surface area contributed by atoms with E-state index in [0.717, 1.165) is 21.3 Å². The number of hydrogen-bond donors (Lipinski definition) is 1. The zero-order valence-corrected chi connectivity index (χ0v) is 11.9. The van der Waals surface area contributed by atoms with E-state index in [9.17, 15) is 0 Å². The van der Waals surface area contributed by atoms with Crippen LogP contribution in [0.2, 0.25) is 0 Å². The smallest absolute Gasteiger partial charge is 0.163 e. The van der Waals surface area contributed by atoms with Crippen molar-refractivity contribution in [1.82, 2.24) is 19.7 Å². The molecule has 0 aliphatic heterocycles. The van der Waals surface area contributed by atoms with Gasteiger partial charge >= 0.3 is 0 Å². The van der Waals surface area contributed by atoms with Crippen LogP contribution >= 0.6 is 15.9 Å². The van der Waals surface area contributed by atoms with E-state index in [2.05, 4.69) is 48.4 Å². The van der Waals surface area contributed by atoms with Gasteiger partial charge in [0.1, 0.15) is 12.1 Å². The summed E-state index contributed by atoms with van der Waals surface area (Å²) in [4.78, 5) is 8.48. The Morgan fingerprint density at radius 3 is 3.00 bits per heavy atom. The molecule has 0 aliphatic carbocycles. The minimum Gasteiger partial charge on any atom is -0.372 e. The highest BCUT2D eigenvalue weighted by Crippen LogP contribution is 2.19. The first-order valence-corrected chi connectivity index (χ1v) is 6.66. The van der Waals surface area contributed by atoms with Crippen molar-refractivity contribution in [3.63, 3.8) is 0 Å². The average Bonchev–Trinajstić information content (AvgIpc) is 2.82. The maximum Gasteiger partial charge on any atom is 0.163 e. The molecule has 0 saturated carbocycles. The number of halogens is 1. The van der Waals surface area contributed by atoms with Crippen LogP contribution in [0.1, 0.15) is 5.56 Å². The number of benzene rings is 1. The van der Waals surface area contributed by atoms with E-state index in [1.54, 1.807) is 12.5 Å². The Bertz CT molecular complexity index is 722. The van der Waals surface area contributed by atoms with Gasteiger partial charge in [0.05, 0.1) is 18.1 Å². The number of anilines is 1. The van der Waals surface area contributed by atoms with E-state index in [1.165, 1.54) is 5.56 Å². The van der Waals surface area contributed by atoms with Gasteiger partial charge in [0.25, 0.3) is 0 Å². The van der Waals surface area contributed by atoms with Crippen LogP contribution in [0, 0.1) is 0 Å². The summed E-state index contributed by atoms with van der Waals surface area (Å²) in [5.41, 5.74) is 2.00. The maximum atomic E-state index is 4.39. The van der Waals surface area contributed by atoms with E-state index < -0.39 is 0 Å². The summed E-state index contributed by atoms with van der Waals surface area (Å²) in [6.07, 6.45) is 3.34. The molecule has 0 saturated heterocycles. The van der Waals surface area contributed by atoms with Crippen LogP contribution in [0.4, 0.5) is 5.82 Å². The second-order valence-corrected chi connectivity index (χ2v) is 5.06. The van der Waals surface area contributed by atoms with Gasteiger partial charge in [0.2, 0.25) is 0 Å². The van der Waals surface area contributed by atoms with Gasteiger partial charge < -0.3 is 5.32 Å². The van der Waals surface area contributed by atoms with Gasteiger partial charge in [0.15, 0.2) is 5.65 Å². The van der Waals surface area contributed by atoms with Crippen LogP contribution in [0.3, 0.4) is 0 Å². The Morgan fingerprint density at radius 1 is 1.32 bits per heavy atom. The van der Waals surface area contributed by atoms with E-state index in [0.29, 0.717) is 6.54 Å². The van der Waals surface area contributed by atoms with Crippen LogP contribution in [0.5, 0.6) is 0 Å². The second kappa shape index (κ2) is 4.97. The lowest BCUT2D eigenvalue weighted by Crippen LogP contribution is -2.03. The Hall–Kier alpha value is -1.95. The van der Waals surface area contributed by atoms with E-state index in [4.69, 9.17) is 0 Å². The largest absolute Gasteiger partial charge is 0.372 e. The molecule has 0 fully saturated rings. The molecule has 0 spiro atoms. The fraction of sp³-hybridized carbons (Fsp3) is 0.154. The molecule has 5 nitrogen and oxygen atoms in total. The molecule has 0 atom stereocenters. The molecule has 3 aromatic rings. The highest BCUT2D eigenvalue weighted by molar-refractivity contribution is 9.10. The zero-order chi connectivity index (χ0) is 13.2. The first kappa shape index (κ1) is 12.1. The third kappa shape index (κ3) is 2.31. The lowest BCUT2D eigenvalue weighted by Gasteiger charge is -2.04. The highest BCUT2D eigenvalue weighted by Gasteiger charge is 2.08. The van der Waals surface area contributed by atoms with Crippen LogP contribution < -0.4 is 5.32 Å². The molecule has 6 heteroatoms. The summed E-state index contributed by atoms with van der Waals surface area (Å²) in [5.74, 6) is 0.797. The number of hydrogen-bond acceptors (Lipinski definition) is 4. The molecule has 1 N–H and O–H groups in total. The van der Waals surface area contributed by atoms with Gasteiger partial charge in [-0.05, 0) is 17.7 Å². The minimum absolute atomic E-state index is 0.684. The fourth-order valence-corrected chi connectivity index (χ4v) is 2.46. The normalized spacial score (nSPS) is 10.8. The quantitative estimate of drug-likeness (QED) is 0.807. The number of aromatic nitrogens is 4. The Balaban J connectivity index is 2.02. The van der Waals surface area contributed by atoms with Crippen molar-refractivity contribution >= 4 is 32.8 Å². The highest BCUT2D eigenvalue weighted by atomic mass is 79.9. The topological polar surface area (TPSA) is 55.6 Å². The summed E-state index contributed by atoms with van der Waals surface area (Å²) in [7, 11) is 1.84. The van der Waals surface area contributed by atoms with Crippen molar-refractivity contribution in [2.45, 2.75) is 6.54 Å². The molecule has 2 aromatic heterocycles. The van der Waals surface area contributed by atoms with Crippen molar-refractivity contribution in [1.29, 1.82) is 0 Å². The van der Waals surface area contributed by atoms with Crippen LogP contribution in [0.25, 0.3) is 11.0 Å². The standard InChI is InChI=1S/C13H12BrN5/c1-15-12-11-6-18-19(13(11)17-8-16-12)7-9-3-2-4-10(14)5-9/h2-6,8H,7H2,1H3,(H,15,16,17). The Labute approximate surface area is 118 Å². The van der Waals surface area contributed by atoms with Gasteiger partial charge in [-0.2, -0.15) is 5.10 Å². The molecule has 0 amide bonds. The predicted octanol–water partition coefficient (Wildman–Crippen LogP) is 2.68. The average molecular weight is 318 g/mol.